The number of rotatable bonds is 5. The van der Waals surface area contributed by atoms with Crippen LogP contribution >= 0.6 is 0 Å². The van der Waals surface area contributed by atoms with Crippen molar-refractivity contribution in [3.05, 3.63) is 48.3 Å². The van der Waals surface area contributed by atoms with Gasteiger partial charge in [-0.3, -0.25) is 10.0 Å². The summed E-state index contributed by atoms with van der Waals surface area (Å²) >= 11 is 0. The molecule has 0 unspecified atom stereocenters. The molecule has 7 heteroatoms. The number of amides is 1. The van der Waals surface area contributed by atoms with Crippen molar-refractivity contribution in [2.75, 3.05) is 5.32 Å². The zero-order valence-electron chi connectivity index (χ0n) is 14.4. The van der Waals surface area contributed by atoms with Crippen LogP contribution in [-0.4, -0.2) is 25.9 Å². The van der Waals surface area contributed by atoms with Crippen molar-refractivity contribution in [2.45, 2.75) is 32.7 Å². The van der Waals surface area contributed by atoms with Crippen LogP contribution in [0.5, 0.6) is 0 Å². The van der Waals surface area contributed by atoms with E-state index in [0.29, 0.717) is 0 Å². The Hall–Kier alpha value is -2.93. The number of benzene rings is 1. The summed E-state index contributed by atoms with van der Waals surface area (Å²) in [5, 5.41) is 17.5. The van der Waals surface area contributed by atoms with Crippen molar-refractivity contribution >= 4 is 28.3 Å². The van der Waals surface area contributed by atoms with Gasteiger partial charge in [0.05, 0.1) is 22.7 Å². The molecule has 0 bridgehead atoms. The molecule has 25 heavy (non-hydrogen) atoms. The van der Waals surface area contributed by atoms with Gasteiger partial charge >= 0.3 is 0 Å². The van der Waals surface area contributed by atoms with E-state index in [1.165, 1.54) is 0 Å². The number of carbonyl (C=O) groups is 1. The third kappa shape index (κ3) is 3.06. The molecule has 0 saturated heterocycles. The molecular formula is C18H21N5O2. The number of hydrogen-bond acceptors (Lipinski definition) is 5. The number of anilines is 2. The third-order valence-corrected chi connectivity index (χ3v) is 4.39. The van der Waals surface area contributed by atoms with Crippen LogP contribution in [0.15, 0.2) is 42.7 Å². The molecule has 3 aromatic rings. The van der Waals surface area contributed by atoms with Crippen LogP contribution in [0.4, 0.5) is 11.4 Å². The molecule has 2 aromatic heterocycles. The Morgan fingerprint density at radius 1 is 1.24 bits per heavy atom. The number of hydroxylamine groups is 1. The normalized spacial score (nSPS) is 11.5. The molecule has 2 heterocycles. The number of hydrogen-bond donors (Lipinski definition) is 3. The molecule has 7 nitrogen and oxygen atoms in total. The summed E-state index contributed by atoms with van der Waals surface area (Å²) in [6.45, 7) is 6.30. The Morgan fingerprint density at radius 3 is 2.60 bits per heavy atom. The van der Waals surface area contributed by atoms with E-state index >= 15 is 0 Å². The minimum absolute atomic E-state index is 0.448. The molecular weight excluding hydrogens is 318 g/mol. The van der Waals surface area contributed by atoms with Crippen molar-refractivity contribution < 1.29 is 10.0 Å². The minimum Gasteiger partial charge on any atom is -0.355 e. The SMILES string of the molecule is CCn1ncc2c(Nc3ccc(C(C)(C)C(=O)NO)cc3)ccnc21. The standard InChI is InChI=1S/C18H21N5O2/c1-4-23-16-14(11-20-23)15(9-10-19-16)21-13-7-5-12(6-8-13)18(2,3)17(24)22-25/h5-11,25H,4H2,1-3H3,(H,19,21)(H,22,24). The zero-order chi connectivity index (χ0) is 18.0. The summed E-state index contributed by atoms with van der Waals surface area (Å²) in [7, 11) is 0. The highest BCUT2D eigenvalue weighted by atomic mass is 16.5. The van der Waals surface area contributed by atoms with E-state index in [1.807, 2.05) is 41.9 Å². The van der Waals surface area contributed by atoms with Crippen LogP contribution < -0.4 is 10.8 Å². The van der Waals surface area contributed by atoms with Crippen LogP contribution in [0.2, 0.25) is 0 Å². The molecule has 0 radical (unpaired) electrons. The highest BCUT2D eigenvalue weighted by molar-refractivity contribution is 5.91. The van der Waals surface area contributed by atoms with E-state index in [2.05, 4.69) is 15.4 Å². The van der Waals surface area contributed by atoms with Gasteiger partial charge < -0.3 is 5.32 Å². The maximum atomic E-state index is 11.8. The predicted octanol–water partition coefficient (Wildman–Crippen LogP) is 2.98. The van der Waals surface area contributed by atoms with Crippen molar-refractivity contribution in [3.63, 3.8) is 0 Å². The van der Waals surface area contributed by atoms with Crippen LogP contribution in [-0.2, 0) is 16.8 Å². The summed E-state index contributed by atoms with van der Waals surface area (Å²) < 4.78 is 1.85. The van der Waals surface area contributed by atoms with Crippen molar-refractivity contribution in [1.29, 1.82) is 0 Å². The highest BCUT2D eigenvalue weighted by Gasteiger charge is 2.29. The Balaban J connectivity index is 1.87. The third-order valence-electron chi connectivity index (χ3n) is 4.39. The van der Waals surface area contributed by atoms with Crippen LogP contribution in [0, 0.1) is 0 Å². The molecule has 1 amide bonds. The average molecular weight is 339 g/mol. The lowest BCUT2D eigenvalue weighted by Crippen LogP contribution is -2.38. The Bertz CT molecular complexity index is 899. The molecule has 0 saturated carbocycles. The van der Waals surface area contributed by atoms with E-state index in [1.54, 1.807) is 31.7 Å². The van der Waals surface area contributed by atoms with E-state index in [0.717, 1.165) is 34.5 Å². The van der Waals surface area contributed by atoms with Crippen LogP contribution in [0.1, 0.15) is 26.3 Å². The second-order valence-electron chi connectivity index (χ2n) is 6.32. The zero-order valence-corrected chi connectivity index (χ0v) is 14.4. The smallest absolute Gasteiger partial charge is 0.253 e. The van der Waals surface area contributed by atoms with E-state index in [4.69, 9.17) is 5.21 Å². The van der Waals surface area contributed by atoms with Gasteiger partial charge in [0.2, 0.25) is 0 Å². The largest absolute Gasteiger partial charge is 0.355 e. The highest BCUT2D eigenvalue weighted by Crippen LogP contribution is 2.28. The maximum Gasteiger partial charge on any atom is 0.253 e. The molecule has 3 N–H and O–H groups in total. The molecule has 130 valence electrons. The summed E-state index contributed by atoms with van der Waals surface area (Å²) in [5.74, 6) is -0.448. The van der Waals surface area contributed by atoms with Gasteiger partial charge in [-0.25, -0.2) is 15.1 Å². The minimum atomic E-state index is -0.820. The first kappa shape index (κ1) is 16.9. The van der Waals surface area contributed by atoms with Gasteiger partial charge in [-0.2, -0.15) is 5.10 Å². The Kier molecular flexibility index (Phi) is 4.41. The summed E-state index contributed by atoms with van der Waals surface area (Å²) in [4.78, 5) is 16.2. The van der Waals surface area contributed by atoms with Gasteiger partial charge in [0.1, 0.15) is 0 Å². The second-order valence-corrected chi connectivity index (χ2v) is 6.32. The molecule has 0 fully saturated rings. The Labute approximate surface area is 145 Å². The number of nitrogens with zero attached hydrogens (tertiary/aromatic N) is 3. The second kappa shape index (κ2) is 6.52. The fraction of sp³-hybridized carbons (Fsp3) is 0.278. The van der Waals surface area contributed by atoms with E-state index < -0.39 is 11.3 Å². The van der Waals surface area contributed by atoms with Gasteiger partial charge in [0, 0.05) is 18.4 Å². The van der Waals surface area contributed by atoms with Crippen molar-refractivity contribution in [3.8, 4) is 0 Å². The molecule has 0 aliphatic carbocycles. The molecule has 0 atom stereocenters. The fourth-order valence-corrected chi connectivity index (χ4v) is 2.71. The summed E-state index contributed by atoms with van der Waals surface area (Å²) in [6.07, 6.45) is 3.55. The lowest BCUT2D eigenvalue weighted by molar-refractivity contribution is -0.134. The van der Waals surface area contributed by atoms with Gasteiger partial charge in [0.15, 0.2) is 5.65 Å². The monoisotopic (exact) mass is 339 g/mol. The molecule has 0 aliphatic heterocycles. The van der Waals surface area contributed by atoms with E-state index in [9.17, 15) is 4.79 Å². The first-order valence-corrected chi connectivity index (χ1v) is 8.10. The number of aromatic nitrogens is 3. The summed E-state index contributed by atoms with van der Waals surface area (Å²) in [6, 6.07) is 9.44. The number of aryl methyl sites for hydroxylation is 1. The Morgan fingerprint density at radius 2 is 1.96 bits per heavy atom. The first-order valence-electron chi connectivity index (χ1n) is 8.10. The number of fused-ring (bicyclic) bond motifs is 1. The summed E-state index contributed by atoms with van der Waals surface area (Å²) in [5.41, 5.74) is 4.35. The van der Waals surface area contributed by atoms with Crippen LogP contribution in [0.3, 0.4) is 0 Å². The number of nitrogens with one attached hydrogen (secondary N) is 2. The van der Waals surface area contributed by atoms with Crippen LogP contribution in [0.25, 0.3) is 11.0 Å². The molecule has 0 aliphatic rings. The molecule has 3 rings (SSSR count). The van der Waals surface area contributed by atoms with Gasteiger partial charge in [-0.1, -0.05) is 12.1 Å². The lowest BCUT2D eigenvalue weighted by Gasteiger charge is -2.22. The quantitative estimate of drug-likeness (QED) is 0.491. The van der Waals surface area contributed by atoms with Gasteiger partial charge in [0.25, 0.3) is 5.91 Å². The van der Waals surface area contributed by atoms with Crippen molar-refractivity contribution in [1.82, 2.24) is 20.2 Å². The lowest BCUT2D eigenvalue weighted by atomic mass is 9.84. The van der Waals surface area contributed by atoms with E-state index in [-0.39, 0.29) is 0 Å². The van der Waals surface area contributed by atoms with Gasteiger partial charge in [-0.05, 0) is 44.5 Å². The number of carbonyl (C=O) groups excluding carboxylic acids is 1. The average Bonchev–Trinajstić information content (AvgIpc) is 3.05. The van der Waals surface area contributed by atoms with Crippen molar-refractivity contribution in [2.24, 2.45) is 0 Å². The molecule has 1 aromatic carbocycles. The number of pyridine rings is 1. The topological polar surface area (TPSA) is 92.1 Å². The molecule has 0 spiro atoms. The maximum absolute atomic E-state index is 11.8. The predicted molar refractivity (Wildman–Crippen MR) is 95.9 cm³/mol. The first-order chi connectivity index (χ1) is 12.0. The van der Waals surface area contributed by atoms with Gasteiger partial charge in [-0.15, -0.1) is 0 Å². The fourth-order valence-electron chi connectivity index (χ4n) is 2.71.